The molecule has 92 heavy (non-hydrogen) atoms. The molecule has 33 atom stereocenters. The first-order valence-electron chi connectivity index (χ1n) is 28.6. The van der Waals surface area contributed by atoms with Gasteiger partial charge >= 0.3 is 11.9 Å². The summed E-state index contributed by atoms with van der Waals surface area (Å²) in [5.41, 5.74) is 0. The maximum absolute atomic E-state index is 13.3. The number of carboxylic acids is 2. The number of ether oxygens (including phenoxy) is 12. The number of carbonyl (C=O) groups excluding carboxylic acids is 3. The molecule has 25 N–H and O–H groups in total. The molecule has 0 unspecified atom stereocenters. The molecule has 6 aliphatic heterocycles. The molecule has 0 aromatic heterocycles. The fraction of sp³-hybridized carbons (Fsp3) is 0.900. The first-order chi connectivity index (χ1) is 43.3. The molecule has 0 aromatic carbocycles. The highest BCUT2D eigenvalue weighted by Gasteiger charge is 2.62. The predicted molar refractivity (Wildman–Crippen MR) is 281 cm³/mol. The minimum Gasteiger partial charge on any atom is -0.477 e. The highest BCUT2D eigenvalue weighted by Crippen LogP contribution is 2.41. The average Bonchev–Trinajstić information content (AvgIpc) is 0.770. The lowest BCUT2D eigenvalue weighted by molar-refractivity contribution is -0.393. The smallest absolute Gasteiger partial charge is 0.364 e. The Labute approximate surface area is 519 Å². The number of hydrogen-bond donors (Lipinski definition) is 25. The standard InChI is InChI=1S/C50H83N3O39/c1-14(61)52-25-17(63)3-49(47(77)78,90-40(25)28(68)19(65)6-55)82-12-24-31(71)39(89-46-36(76)42(30(70)21(8-57)83-46)92-50(48(79)80)4-18(64)27(67)41(91-50)29(69)20(66)7-56)26(53-15(2)62)43(86-24)87-37-23(10-59)85-45(35(75)33(37)73)88-38-22(9-58)84-44(34(74)32(38)72)81-11-16(5-54)51-13-60/h13,16-46,54-59,63-76H,3-12H2,1-2H3,(H,51,60)(H,52,61)(H,53,62)(H,77,78)(H,79,80)/t16-,17+,18+,19-,20-,21-,22-,23-,24-,25-,26-,27-,28-,29-,30+,31+,32-,33-,34-,35-,36-,37+,38-,39-,40-,41-,42+,43+,44-,45+,46+,49-,50+/m1/s1. The van der Waals surface area contributed by atoms with Crippen LogP contribution in [0.3, 0.4) is 0 Å². The molecular weight excluding hydrogens is 1270 g/mol. The van der Waals surface area contributed by atoms with Crippen molar-refractivity contribution in [2.24, 2.45) is 0 Å². The first kappa shape index (κ1) is 77.1. The number of aliphatic hydroxyl groups excluding tert-OH is 20. The summed E-state index contributed by atoms with van der Waals surface area (Å²) in [5.74, 6) is -12.8. The third-order valence-electron chi connectivity index (χ3n) is 16.1. The maximum Gasteiger partial charge on any atom is 0.364 e. The Balaban J connectivity index is 1.37. The predicted octanol–water partition coefficient (Wildman–Crippen LogP) is -16.3. The Morgan fingerprint density at radius 3 is 1.49 bits per heavy atom. The molecule has 42 nitrogen and oxygen atoms in total. The van der Waals surface area contributed by atoms with Gasteiger partial charge in [-0.05, 0) is 0 Å². The normalized spacial score (nSPS) is 43.5. The van der Waals surface area contributed by atoms with Crippen LogP contribution in [0.1, 0.15) is 26.7 Å². The fourth-order valence-corrected chi connectivity index (χ4v) is 11.2. The van der Waals surface area contributed by atoms with Crippen molar-refractivity contribution in [3.05, 3.63) is 0 Å². The van der Waals surface area contributed by atoms with Crippen LogP contribution in [0.5, 0.6) is 0 Å². The molecule has 6 fully saturated rings. The summed E-state index contributed by atoms with van der Waals surface area (Å²) in [5, 5.41) is 245. The van der Waals surface area contributed by atoms with Gasteiger partial charge in [-0.2, -0.15) is 0 Å². The van der Waals surface area contributed by atoms with E-state index in [1.165, 1.54) is 0 Å². The van der Waals surface area contributed by atoms with Gasteiger partial charge in [0.05, 0.1) is 77.1 Å². The van der Waals surface area contributed by atoms with Crippen molar-refractivity contribution in [2.45, 2.75) is 228 Å². The first-order valence-corrected chi connectivity index (χ1v) is 28.6. The van der Waals surface area contributed by atoms with Gasteiger partial charge in [0.2, 0.25) is 18.2 Å². The molecule has 6 rings (SSSR count). The quantitative estimate of drug-likeness (QED) is 0.0297. The number of aliphatic carboxylic acids is 2. The lowest BCUT2D eigenvalue weighted by Crippen LogP contribution is -2.71. The summed E-state index contributed by atoms with van der Waals surface area (Å²) >= 11 is 0. The van der Waals surface area contributed by atoms with Gasteiger partial charge in [0.25, 0.3) is 11.6 Å². The molecule has 532 valence electrons. The Hall–Kier alpha value is -3.93. The summed E-state index contributed by atoms with van der Waals surface area (Å²) < 4.78 is 68.9. The zero-order valence-electron chi connectivity index (χ0n) is 48.8. The summed E-state index contributed by atoms with van der Waals surface area (Å²) in [4.78, 5) is 62.7. The van der Waals surface area contributed by atoms with E-state index in [0.717, 1.165) is 13.8 Å². The van der Waals surface area contributed by atoms with Crippen molar-refractivity contribution in [1.82, 2.24) is 16.0 Å². The zero-order chi connectivity index (χ0) is 68.6. The molecule has 6 heterocycles. The van der Waals surface area contributed by atoms with Gasteiger partial charge in [0.1, 0.15) is 140 Å². The SMILES string of the molecule is CC(=O)N[C@H]1[C@H](O[C@@H]2[C@H](O)[C@@H](O)[C@H](O[C@H]3[C@H](O)[C@@H](O)[C@H](OC[C@@H](CO)NC=O)O[C@@H]3CO)O[C@@H]2CO)O[C@H](CO[C@]2(C(=O)O)C[C@H](O)[C@@H](NC(C)=O)[C@H]([C@H](O)[C@H](O)CO)O2)[C@H](O)[C@@H]1O[C@@H]1O[C@H](CO)[C@H](O)[C@H](O[C@]2(C(=O)O)C[C@H](O)[C@@H](O)[C@H]([C@H](O)[C@H](O)CO)O2)[C@H]1O. The van der Waals surface area contributed by atoms with E-state index in [1.807, 2.05) is 0 Å². The maximum atomic E-state index is 13.3. The van der Waals surface area contributed by atoms with E-state index in [0.29, 0.717) is 0 Å². The van der Waals surface area contributed by atoms with Crippen molar-refractivity contribution in [1.29, 1.82) is 0 Å². The van der Waals surface area contributed by atoms with E-state index in [2.05, 4.69) is 16.0 Å². The van der Waals surface area contributed by atoms with Crippen LogP contribution >= 0.6 is 0 Å². The van der Waals surface area contributed by atoms with Crippen LogP contribution in [0.25, 0.3) is 0 Å². The second-order valence-electron chi connectivity index (χ2n) is 22.6. The van der Waals surface area contributed by atoms with Crippen LogP contribution < -0.4 is 16.0 Å². The summed E-state index contributed by atoms with van der Waals surface area (Å²) in [6.07, 6.45) is -64.0. The van der Waals surface area contributed by atoms with E-state index < -0.39 is 291 Å². The minimum absolute atomic E-state index is 0.238. The second kappa shape index (κ2) is 33.4. The van der Waals surface area contributed by atoms with Gasteiger partial charge < -0.3 is 185 Å². The minimum atomic E-state index is -3.35. The Morgan fingerprint density at radius 1 is 0.511 bits per heavy atom. The van der Waals surface area contributed by atoms with Crippen LogP contribution in [-0.2, 0) is 80.8 Å². The molecule has 0 radical (unpaired) electrons. The van der Waals surface area contributed by atoms with Crippen LogP contribution in [0, 0.1) is 0 Å². The van der Waals surface area contributed by atoms with Crippen molar-refractivity contribution in [2.75, 3.05) is 52.9 Å². The Kier molecular flexibility index (Phi) is 27.9. The average molecular weight is 1350 g/mol. The van der Waals surface area contributed by atoms with E-state index in [4.69, 9.17) is 56.8 Å². The molecule has 0 spiro atoms. The topological polar surface area (TPSA) is 677 Å². The van der Waals surface area contributed by atoms with E-state index in [-0.39, 0.29) is 6.41 Å². The summed E-state index contributed by atoms with van der Waals surface area (Å²) in [6.45, 7) is -6.59. The van der Waals surface area contributed by atoms with Gasteiger partial charge in [-0.25, -0.2) is 9.59 Å². The van der Waals surface area contributed by atoms with Crippen molar-refractivity contribution in [3.63, 3.8) is 0 Å². The molecule has 42 heteroatoms. The van der Waals surface area contributed by atoms with Gasteiger partial charge in [-0.1, -0.05) is 0 Å². The monoisotopic (exact) mass is 1350 g/mol. The fourth-order valence-electron chi connectivity index (χ4n) is 11.2. The number of rotatable bonds is 30. The lowest BCUT2D eigenvalue weighted by Gasteiger charge is -2.51. The third-order valence-corrected chi connectivity index (χ3v) is 16.1. The van der Waals surface area contributed by atoms with Crippen molar-refractivity contribution in [3.8, 4) is 0 Å². The van der Waals surface area contributed by atoms with E-state index in [9.17, 15) is 136 Å². The largest absolute Gasteiger partial charge is 0.477 e. The Bertz CT molecular complexity index is 2380. The molecule has 3 amide bonds. The zero-order valence-corrected chi connectivity index (χ0v) is 48.8. The molecule has 0 saturated carbocycles. The highest BCUT2D eigenvalue weighted by atomic mass is 16.8. The van der Waals surface area contributed by atoms with E-state index in [1.54, 1.807) is 0 Å². The Morgan fingerprint density at radius 2 is 0.967 bits per heavy atom. The molecular formula is C50H83N3O39. The molecule has 0 aliphatic carbocycles. The van der Waals surface area contributed by atoms with Gasteiger partial charge in [-0.3, -0.25) is 14.4 Å². The molecule has 0 aromatic rings. The van der Waals surface area contributed by atoms with Crippen molar-refractivity contribution >= 4 is 30.2 Å². The number of carboxylic acid groups (broad SMARTS) is 2. The number of carbonyl (C=O) groups is 5. The van der Waals surface area contributed by atoms with Crippen LogP contribution in [-0.4, -0.2) is 397 Å². The van der Waals surface area contributed by atoms with E-state index >= 15 is 0 Å². The molecule has 0 bridgehead atoms. The van der Waals surface area contributed by atoms with Crippen LogP contribution in [0.4, 0.5) is 0 Å². The van der Waals surface area contributed by atoms with Gasteiger partial charge in [-0.15, -0.1) is 0 Å². The molecule has 6 aliphatic rings. The highest BCUT2D eigenvalue weighted by molar-refractivity contribution is 5.77. The van der Waals surface area contributed by atoms with Crippen LogP contribution in [0.2, 0.25) is 0 Å². The lowest BCUT2D eigenvalue weighted by atomic mass is 9.88. The van der Waals surface area contributed by atoms with Gasteiger partial charge in [0.15, 0.2) is 25.2 Å². The summed E-state index contributed by atoms with van der Waals surface area (Å²) in [7, 11) is 0. The number of aliphatic hydroxyl groups is 20. The second-order valence-corrected chi connectivity index (χ2v) is 22.6. The third kappa shape index (κ3) is 17.1. The number of nitrogens with one attached hydrogen (secondary N) is 3. The molecule has 6 saturated heterocycles. The van der Waals surface area contributed by atoms with Gasteiger partial charge in [0, 0.05) is 26.7 Å². The summed E-state index contributed by atoms with van der Waals surface area (Å²) in [6, 6.07) is -4.89. The van der Waals surface area contributed by atoms with Crippen LogP contribution in [0.15, 0.2) is 0 Å². The number of hydrogen-bond acceptors (Lipinski definition) is 37. The number of amides is 3. The van der Waals surface area contributed by atoms with Crippen molar-refractivity contribution < 1.29 is 193 Å².